The van der Waals surface area contributed by atoms with Gasteiger partial charge in [-0.05, 0) is 32.4 Å². The first-order valence-corrected chi connectivity index (χ1v) is 7.95. The molecule has 1 unspecified atom stereocenters. The molecule has 0 aliphatic carbocycles. The number of amides is 1. The van der Waals surface area contributed by atoms with Gasteiger partial charge in [0, 0.05) is 32.2 Å². The normalized spacial score (nSPS) is 22.8. The predicted octanol–water partition coefficient (Wildman–Crippen LogP) is -0.162. The number of piperidine rings is 1. The van der Waals surface area contributed by atoms with Crippen LogP contribution >= 0.6 is 0 Å². The van der Waals surface area contributed by atoms with Gasteiger partial charge in [0.15, 0.2) is 0 Å². The summed E-state index contributed by atoms with van der Waals surface area (Å²) in [6.07, 6.45) is 6.21. The highest BCUT2D eigenvalue weighted by molar-refractivity contribution is 5.92. The van der Waals surface area contributed by atoms with Crippen molar-refractivity contribution in [3.05, 3.63) is 18.1 Å². The van der Waals surface area contributed by atoms with Crippen LogP contribution in [-0.4, -0.2) is 66.1 Å². The molecule has 0 spiro atoms. The Bertz CT molecular complexity index is 513. The Balaban J connectivity index is 1.65. The highest BCUT2D eigenvalue weighted by atomic mass is 16.2. The Morgan fingerprint density at radius 2 is 2.09 bits per heavy atom. The van der Waals surface area contributed by atoms with Gasteiger partial charge in [-0.15, -0.1) is 0 Å². The van der Waals surface area contributed by atoms with Gasteiger partial charge in [-0.2, -0.15) is 0 Å². The summed E-state index contributed by atoms with van der Waals surface area (Å²) in [4.78, 5) is 25.1. The summed E-state index contributed by atoms with van der Waals surface area (Å²) < 4.78 is 0. The maximum atomic E-state index is 12.5. The molecular formula is C15H24N6O. The molecule has 1 atom stereocenters. The van der Waals surface area contributed by atoms with Crippen molar-refractivity contribution in [2.75, 3.05) is 38.1 Å². The molecule has 2 aliphatic heterocycles. The molecule has 22 heavy (non-hydrogen) atoms. The van der Waals surface area contributed by atoms with Crippen molar-refractivity contribution in [3.63, 3.8) is 0 Å². The van der Waals surface area contributed by atoms with E-state index in [1.54, 1.807) is 17.3 Å². The maximum absolute atomic E-state index is 12.5. The van der Waals surface area contributed by atoms with Crippen LogP contribution in [0.15, 0.2) is 12.4 Å². The average Bonchev–Trinajstić information content (AvgIpc) is 3.01. The molecule has 7 nitrogen and oxygen atoms in total. The van der Waals surface area contributed by atoms with E-state index in [9.17, 15) is 4.79 Å². The smallest absolute Gasteiger partial charge is 0.274 e. The minimum atomic E-state index is -0.0518. The van der Waals surface area contributed by atoms with Crippen molar-refractivity contribution in [3.8, 4) is 0 Å². The molecular weight excluding hydrogens is 280 g/mol. The minimum Gasteiger partial charge on any atom is -0.354 e. The van der Waals surface area contributed by atoms with Gasteiger partial charge < -0.3 is 20.9 Å². The zero-order valence-electron chi connectivity index (χ0n) is 13.0. The fraction of sp³-hybridized carbons (Fsp3) is 0.667. The minimum absolute atomic E-state index is 0.0518. The third kappa shape index (κ3) is 3.20. The van der Waals surface area contributed by atoms with Crippen molar-refractivity contribution in [2.24, 2.45) is 5.73 Å². The van der Waals surface area contributed by atoms with E-state index in [2.05, 4.69) is 20.2 Å². The van der Waals surface area contributed by atoms with Gasteiger partial charge in [0.2, 0.25) is 0 Å². The van der Waals surface area contributed by atoms with Gasteiger partial charge in [-0.1, -0.05) is 0 Å². The van der Waals surface area contributed by atoms with Crippen LogP contribution in [0.4, 0.5) is 5.82 Å². The molecule has 1 amide bonds. The van der Waals surface area contributed by atoms with Crippen LogP contribution < -0.4 is 16.0 Å². The van der Waals surface area contributed by atoms with E-state index in [4.69, 9.17) is 5.73 Å². The first-order valence-electron chi connectivity index (χ1n) is 7.95. The summed E-state index contributed by atoms with van der Waals surface area (Å²) in [5.41, 5.74) is 6.32. The topological polar surface area (TPSA) is 87.4 Å². The Hall–Kier alpha value is -1.73. The van der Waals surface area contributed by atoms with Crippen molar-refractivity contribution < 1.29 is 4.79 Å². The second-order valence-corrected chi connectivity index (χ2v) is 6.15. The highest BCUT2D eigenvalue weighted by Gasteiger charge is 2.25. The molecule has 2 aliphatic rings. The lowest BCUT2D eigenvalue weighted by Gasteiger charge is -2.31. The van der Waals surface area contributed by atoms with E-state index in [0.29, 0.717) is 5.69 Å². The highest BCUT2D eigenvalue weighted by Crippen LogP contribution is 2.17. The molecule has 0 saturated carbocycles. The number of carbonyl (C=O) groups excluding carboxylic acids is 1. The molecule has 120 valence electrons. The van der Waals surface area contributed by atoms with Gasteiger partial charge in [-0.25, -0.2) is 9.97 Å². The Kier molecular flexibility index (Phi) is 4.54. The Morgan fingerprint density at radius 3 is 2.68 bits per heavy atom. The number of nitrogens with one attached hydrogen (secondary N) is 1. The van der Waals surface area contributed by atoms with Crippen molar-refractivity contribution in [1.82, 2.24) is 20.2 Å². The summed E-state index contributed by atoms with van der Waals surface area (Å²) in [6.45, 7) is 3.62. The summed E-state index contributed by atoms with van der Waals surface area (Å²) >= 11 is 0. The number of anilines is 1. The number of rotatable bonds is 3. The molecule has 3 rings (SSSR count). The molecule has 3 heterocycles. The van der Waals surface area contributed by atoms with Crippen molar-refractivity contribution >= 4 is 11.7 Å². The largest absolute Gasteiger partial charge is 0.354 e. The van der Waals surface area contributed by atoms with Crippen LogP contribution in [0, 0.1) is 0 Å². The fourth-order valence-corrected chi connectivity index (χ4v) is 3.13. The summed E-state index contributed by atoms with van der Waals surface area (Å²) in [7, 11) is 1.85. The van der Waals surface area contributed by atoms with Crippen LogP contribution in [-0.2, 0) is 0 Å². The van der Waals surface area contributed by atoms with Crippen LogP contribution in [0.2, 0.25) is 0 Å². The third-order valence-electron chi connectivity index (χ3n) is 4.58. The molecule has 3 N–H and O–H groups in total. The first-order chi connectivity index (χ1) is 10.6. The Morgan fingerprint density at radius 1 is 1.32 bits per heavy atom. The Labute approximate surface area is 130 Å². The number of nitrogens with zero attached hydrogens (tertiary/aromatic N) is 4. The van der Waals surface area contributed by atoms with E-state index >= 15 is 0 Å². The predicted molar refractivity (Wildman–Crippen MR) is 84.8 cm³/mol. The van der Waals surface area contributed by atoms with E-state index in [-0.39, 0.29) is 18.0 Å². The van der Waals surface area contributed by atoms with Gasteiger partial charge in [0.25, 0.3) is 5.91 Å². The lowest BCUT2D eigenvalue weighted by Crippen LogP contribution is -2.44. The second kappa shape index (κ2) is 6.58. The summed E-state index contributed by atoms with van der Waals surface area (Å²) in [5.74, 6) is 0.748. The van der Waals surface area contributed by atoms with E-state index < -0.39 is 0 Å². The molecule has 0 aromatic carbocycles. The number of nitrogens with two attached hydrogens (primary N) is 1. The summed E-state index contributed by atoms with van der Waals surface area (Å²) in [5, 5.41) is 3.31. The van der Waals surface area contributed by atoms with Gasteiger partial charge >= 0.3 is 0 Å². The number of hydrogen-bond acceptors (Lipinski definition) is 6. The molecule has 1 aromatic rings. The molecule has 0 bridgehead atoms. The lowest BCUT2D eigenvalue weighted by atomic mass is 10.1. The molecule has 2 fully saturated rings. The van der Waals surface area contributed by atoms with Crippen molar-refractivity contribution in [1.29, 1.82) is 0 Å². The van der Waals surface area contributed by atoms with E-state index in [0.717, 1.165) is 51.3 Å². The molecule has 7 heteroatoms. The third-order valence-corrected chi connectivity index (χ3v) is 4.58. The van der Waals surface area contributed by atoms with Crippen molar-refractivity contribution in [2.45, 2.75) is 31.3 Å². The first kappa shape index (κ1) is 15.2. The van der Waals surface area contributed by atoms with Gasteiger partial charge in [0.1, 0.15) is 11.5 Å². The monoisotopic (exact) mass is 304 g/mol. The SMILES string of the molecule is CN(C(=O)c1cnc(N2CCC(N)C2)cn1)C1CCNCC1. The zero-order valence-corrected chi connectivity index (χ0v) is 13.0. The van der Waals surface area contributed by atoms with Gasteiger partial charge in [0.05, 0.1) is 12.4 Å². The fourth-order valence-electron chi connectivity index (χ4n) is 3.13. The van der Waals surface area contributed by atoms with E-state index in [1.807, 2.05) is 7.05 Å². The van der Waals surface area contributed by atoms with Gasteiger partial charge in [-0.3, -0.25) is 4.79 Å². The standard InChI is InChI=1S/C15H24N6O/c1-20(12-2-5-17-6-3-12)15(22)13-8-19-14(9-18-13)21-7-4-11(16)10-21/h8-9,11-12,17H,2-7,10,16H2,1H3. The molecule has 2 saturated heterocycles. The zero-order chi connectivity index (χ0) is 15.5. The van der Waals surface area contributed by atoms with Crippen LogP contribution in [0.3, 0.4) is 0 Å². The maximum Gasteiger partial charge on any atom is 0.274 e. The van der Waals surface area contributed by atoms with Crippen LogP contribution in [0.25, 0.3) is 0 Å². The second-order valence-electron chi connectivity index (χ2n) is 6.15. The molecule has 0 radical (unpaired) electrons. The lowest BCUT2D eigenvalue weighted by molar-refractivity contribution is 0.0697. The average molecular weight is 304 g/mol. The van der Waals surface area contributed by atoms with Crippen LogP contribution in [0.5, 0.6) is 0 Å². The number of carbonyl (C=O) groups is 1. The number of hydrogen-bond donors (Lipinski definition) is 2. The quantitative estimate of drug-likeness (QED) is 0.807. The number of aromatic nitrogens is 2. The summed E-state index contributed by atoms with van der Waals surface area (Å²) in [6, 6.07) is 0.487. The van der Waals surface area contributed by atoms with Crippen LogP contribution in [0.1, 0.15) is 29.8 Å². The van der Waals surface area contributed by atoms with E-state index in [1.165, 1.54) is 0 Å². The molecule has 1 aromatic heterocycles.